The van der Waals surface area contributed by atoms with Gasteiger partial charge in [-0.25, -0.2) is 0 Å². The molecule has 0 aromatic rings. The van der Waals surface area contributed by atoms with Crippen LogP contribution in [0, 0.1) is 5.92 Å². The van der Waals surface area contributed by atoms with Gasteiger partial charge in [0.1, 0.15) is 0 Å². The van der Waals surface area contributed by atoms with Gasteiger partial charge in [0, 0.05) is 32.2 Å². The Labute approximate surface area is 127 Å². The van der Waals surface area contributed by atoms with Crippen LogP contribution in [0.4, 0.5) is 0 Å². The molecular formula is C16H29N3O2. The number of aliphatic hydroxyl groups is 1. The van der Waals surface area contributed by atoms with E-state index in [-0.39, 0.29) is 12.6 Å². The number of carbonyl (C=O) groups excluding carboxylic acids is 1. The van der Waals surface area contributed by atoms with E-state index in [0.29, 0.717) is 11.9 Å². The first-order chi connectivity index (χ1) is 10.3. The molecule has 2 heterocycles. The normalized spacial score (nSPS) is 34.5. The smallest absolute Gasteiger partial charge is 0.239 e. The molecule has 0 radical (unpaired) electrons. The van der Waals surface area contributed by atoms with Crippen LogP contribution in [0.3, 0.4) is 0 Å². The molecule has 2 N–H and O–H groups in total. The molecule has 1 aliphatic carbocycles. The van der Waals surface area contributed by atoms with Gasteiger partial charge in [0.2, 0.25) is 5.91 Å². The summed E-state index contributed by atoms with van der Waals surface area (Å²) in [7, 11) is 0. The van der Waals surface area contributed by atoms with E-state index in [2.05, 4.69) is 10.2 Å². The number of fused-ring (bicyclic) bond motifs is 1. The van der Waals surface area contributed by atoms with Crippen LogP contribution in [0.1, 0.15) is 38.5 Å². The van der Waals surface area contributed by atoms with E-state index in [1.54, 1.807) is 0 Å². The van der Waals surface area contributed by atoms with Gasteiger partial charge in [-0.1, -0.05) is 12.8 Å². The van der Waals surface area contributed by atoms with Crippen molar-refractivity contribution in [3.05, 3.63) is 0 Å². The fourth-order valence-corrected chi connectivity index (χ4v) is 4.29. The van der Waals surface area contributed by atoms with Crippen LogP contribution in [0.2, 0.25) is 0 Å². The molecule has 3 rings (SSSR count). The molecule has 3 aliphatic rings. The zero-order valence-electron chi connectivity index (χ0n) is 13.0. The van der Waals surface area contributed by atoms with Crippen molar-refractivity contribution >= 4 is 5.91 Å². The van der Waals surface area contributed by atoms with E-state index >= 15 is 0 Å². The first kappa shape index (κ1) is 15.3. The SMILES string of the molecule is O=C(C1CC2CCCCC2N1)N1CCCN(CCO)CC1. The van der Waals surface area contributed by atoms with E-state index in [0.717, 1.165) is 51.5 Å². The molecule has 120 valence electrons. The molecule has 0 bridgehead atoms. The molecule has 5 heteroatoms. The van der Waals surface area contributed by atoms with Crippen molar-refractivity contribution in [1.82, 2.24) is 15.1 Å². The molecule has 21 heavy (non-hydrogen) atoms. The second kappa shape index (κ2) is 7.07. The first-order valence-corrected chi connectivity index (χ1v) is 8.66. The van der Waals surface area contributed by atoms with Gasteiger partial charge in [0.15, 0.2) is 0 Å². The fourth-order valence-electron chi connectivity index (χ4n) is 4.29. The van der Waals surface area contributed by atoms with Gasteiger partial charge in [0.25, 0.3) is 0 Å². The van der Waals surface area contributed by atoms with Crippen LogP contribution in [-0.4, -0.2) is 72.2 Å². The molecule has 0 spiro atoms. The number of amides is 1. The van der Waals surface area contributed by atoms with Crippen LogP contribution < -0.4 is 5.32 Å². The predicted octanol–water partition coefficient (Wildman–Crippen LogP) is 0.434. The maximum atomic E-state index is 12.8. The van der Waals surface area contributed by atoms with E-state index in [1.165, 1.54) is 25.7 Å². The number of carbonyl (C=O) groups is 1. The third-order valence-corrected chi connectivity index (χ3v) is 5.48. The summed E-state index contributed by atoms with van der Waals surface area (Å²) in [5.41, 5.74) is 0. The number of hydrogen-bond donors (Lipinski definition) is 2. The Kier molecular flexibility index (Phi) is 5.14. The Morgan fingerprint density at radius 3 is 2.76 bits per heavy atom. The highest BCUT2D eigenvalue weighted by Gasteiger charge is 2.39. The highest BCUT2D eigenvalue weighted by molar-refractivity contribution is 5.82. The summed E-state index contributed by atoms with van der Waals surface area (Å²) in [5.74, 6) is 1.04. The summed E-state index contributed by atoms with van der Waals surface area (Å²) in [6, 6.07) is 0.646. The van der Waals surface area contributed by atoms with Gasteiger partial charge in [-0.2, -0.15) is 0 Å². The number of nitrogens with one attached hydrogen (secondary N) is 1. The lowest BCUT2D eigenvalue weighted by atomic mass is 9.85. The molecule has 5 nitrogen and oxygen atoms in total. The Morgan fingerprint density at radius 2 is 1.95 bits per heavy atom. The Morgan fingerprint density at radius 1 is 1.10 bits per heavy atom. The van der Waals surface area contributed by atoms with E-state index in [1.807, 2.05) is 4.90 Å². The molecule has 2 saturated heterocycles. The topological polar surface area (TPSA) is 55.8 Å². The molecule has 0 aromatic carbocycles. The summed E-state index contributed by atoms with van der Waals surface area (Å²) in [5, 5.41) is 12.6. The van der Waals surface area contributed by atoms with Crippen molar-refractivity contribution in [3.63, 3.8) is 0 Å². The molecule has 1 saturated carbocycles. The quantitative estimate of drug-likeness (QED) is 0.793. The minimum absolute atomic E-state index is 0.0579. The molecule has 3 fully saturated rings. The van der Waals surface area contributed by atoms with Crippen molar-refractivity contribution in [3.8, 4) is 0 Å². The monoisotopic (exact) mass is 295 g/mol. The molecule has 1 amide bonds. The van der Waals surface area contributed by atoms with Gasteiger partial charge >= 0.3 is 0 Å². The number of hydrogen-bond acceptors (Lipinski definition) is 4. The maximum Gasteiger partial charge on any atom is 0.239 e. The average Bonchev–Trinajstić information content (AvgIpc) is 2.80. The van der Waals surface area contributed by atoms with E-state index in [4.69, 9.17) is 5.11 Å². The highest BCUT2D eigenvalue weighted by atomic mass is 16.3. The van der Waals surface area contributed by atoms with Gasteiger partial charge < -0.3 is 15.3 Å². The minimum atomic E-state index is 0.0579. The molecular weight excluding hydrogens is 266 g/mol. The summed E-state index contributed by atoms with van der Waals surface area (Å²) < 4.78 is 0. The largest absolute Gasteiger partial charge is 0.395 e. The Bertz CT molecular complexity index is 349. The summed E-state index contributed by atoms with van der Waals surface area (Å²) >= 11 is 0. The summed E-state index contributed by atoms with van der Waals surface area (Å²) in [6.07, 6.45) is 7.26. The molecule has 3 unspecified atom stereocenters. The fraction of sp³-hybridized carbons (Fsp3) is 0.938. The lowest BCUT2D eigenvalue weighted by Crippen LogP contribution is -2.46. The van der Waals surface area contributed by atoms with Gasteiger partial charge in [-0.05, 0) is 38.1 Å². The number of nitrogens with zero attached hydrogens (tertiary/aromatic N) is 2. The first-order valence-electron chi connectivity index (χ1n) is 8.66. The van der Waals surface area contributed by atoms with Crippen molar-refractivity contribution in [1.29, 1.82) is 0 Å². The molecule has 2 aliphatic heterocycles. The molecule has 3 atom stereocenters. The second-order valence-corrected chi connectivity index (χ2v) is 6.85. The summed E-state index contributed by atoms with van der Waals surface area (Å²) in [4.78, 5) is 17.1. The van der Waals surface area contributed by atoms with Gasteiger partial charge in [0.05, 0.1) is 12.6 Å². The Balaban J connectivity index is 1.53. The van der Waals surface area contributed by atoms with Crippen molar-refractivity contribution in [2.75, 3.05) is 39.3 Å². The van der Waals surface area contributed by atoms with Crippen molar-refractivity contribution in [2.24, 2.45) is 5.92 Å². The third-order valence-electron chi connectivity index (χ3n) is 5.48. The maximum absolute atomic E-state index is 12.8. The number of rotatable bonds is 3. The van der Waals surface area contributed by atoms with Crippen LogP contribution in [0.25, 0.3) is 0 Å². The van der Waals surface area contributed by atoms with E-state index < -0.39 is 0 Å². The number of aliphatic hydroxyl groups excluding tert-OH is 1. The highest BCUT2D eigenvalue weighted by Crippen LogP contribution is 2.33. The lowest BCUT2D eigenvalue weighted by Gasteiger charge is -2.25. The molecule has 0 aromatic heterocycles. The van der Waals surface area contributed by atoms with Crippen LogP contribution in [-0.2, 0) is 4.79 Å². The van der Waals surface area contributed by atoms with Crippen LogP contribution >= 0.6 is 0 Å². The van der Waals surface area contributed by atoms with Gasteiger partial charge in [-0.15, -0.1) is 0 Å². The second-order valence-electron chi connectivity index (χ2n) is 6.85. The zero-order chi connectivity index (χ0) is 14.7. The zero-order valence-corrected chi connectivity index (χ0v) is 13.0. The minimum Gasteiger partial charge on any atom is -0.395 e. The van der Waals surface area contributed by atoms with Crippen molar-refractivity contribution < 1.29 is 9.90 Å². The van der Waals surface area contributed by atoms with Gasteiger partial charge in [-0.3, -0.25) is 9.69 Å². The number of β-amino-alcohol motifs (C(OH)–C–C–N with tert-alkyl or cyclic N) is 1. The summed E-state index contributed by atoms with van der Waals surface area (Å²) in [6.45, 7) is 4.51. The predicted molar refractivity (Wildman–Crippen MR) is 82.0 cm³/mol. The third kappa shape index (κ3) is 3.58. The van der Waals surface area contributed by atoms with Crippen LogP contribution in [0.15, 0.2) is 0 Å². The van der Waals surface area contributed by atoms with Crippen molar-refractivity contribution in [2.45, 2.75) is 50.6 Å². The lowest BCUT2D eigenvalue weighted by molar-refractivity contribution is -0.133. The van der Waals surface area contributed by atoms with Crippen LogP contribution in [0.5, 0.6) is 0 Å². The average molecular weight is 295 g/mol. The van der Waals surface area contributed by atoms with E-state index in [9.17, 15) is 4.79 Å². The Hall–Kier alpha value is -0.650. The standard InChI is InChI=1S/C16H29N3O2/c20-11-10-18-6-3-7-19(9-8-18)16(21)15-12-13-4-1-2-5-14(13)17-15/h13-15,17,20H,1-12H2.